The van der Waals surface area contributed by atoms with E-state index in [1.165, 1.54) is 12.3 Å². The summed E-state index contributed by atoms with van der Waals surface area (Å²) in [6.07, 6.45) is 1.49. The van der Waals surface area contributed by atoms with E-state index in [0.29, 0.717) is 23.7 Å². The molecule has 3 aromatic carbocycles. The summed E-state index contributed by atoms with van der Waals surface area (Å²) in [6.45, 7) is 0.372. The summed E-state index contributed by atoms with van der Waals surface area (Å²) in [7, 11) is 1.55. The number of phenols is 1. The molecule has 0 aliphatic heterocycles. The van der Waals surface area contributed by atoms with Crippen molar-refractivity contribution in [1.29, 1.82) is 0 Å². The Balaban J connectivity index is 1.82. The molecule has 0 unspecified atom stereocenters. The summed E-state index contributed by atoms with van der Waals surface area (Å²) in [5, 5.41) is 20.7. The standard InChI is InChI=1S/C21H17ClN2O5/c1-28-20-8-7-15(9-21(20)29-13-14-5-3-2-4-6-14)12-23-17-10-16(22)18(24(26)27)11-19(17)25/h2-12,25H,13H2,1H3. The van der Waals surface area contributed by atoms with Crippen molar-refractivity contribution in [2.45, 2.75) is 6.61 Å². The Bertz CT molecular complexity index is 1050. The summed E-state index contributed by atoms with van der Waals surface area (Å²) in [6, 6.07) is 17.2. The minimum atomic E-state index is -0.671. The Morgan fingerprint density at radius 2 is 1.90 bits per heavy atom. The normalized spacial score (nSPS) is 10.8. The van der Waals surface area contributed by atoms with Crippen molar-refractivity contribution in [2.75, 3.05) is 7.11 Å². The quantitative estimate of drug-likeness (QED) is 0.323. The molecule has 3 aromatic rings. The van der Waals surface area contributed by atoms with Gasteiger partial charge in [-0.15, -0.1) is 0 Å². The Hall–Kier alpha value is -3.58. The third-order valence-electron chi connectivity index (χ3n) is 4.02. The van der Waals surface area contributed by atoms with Gasteiger partial charge in [-0.05, 0) is 35.4 Å². The van der Waals surface area contributed by atoms with Crippen LogP contribution in [0.15, 0.2) is 65.7 Å². The lowest BCUT2D eigenvalue weighted by Gasteiger charge is -2.11. The Labute approximate surface area is 172 Å². The van der Waals surface area contributed by atoms with Crippen LogP contribution < -0.4 is 9.47 Å². The van der Waals surface area contributed by atoms with Gasteiger partial charge in [0.2, 0.25) is 0 Å². The van der Waals surface area contributed by atoms with Gasteiger partial charge in [0.05, 0.1) is 18.1 Å². The van der Waals surface area contributed by atoms with Crippen molar-refractivity contribution in [3.8, 4) is 17.2 Å². The molecular weight excluding hydrogens is 396 g/mol. The SMILES string of the molecule is COc1ccc(C=Nc2cc(Cl)c([N+](=O)[O-])cc2O)cc1OCc1ccccc1. The number of halogens is 1. The van der Waals surface area contributed by atoms with Crippen LogP contribution in [0.2, 0.25) is 5.02 Å². The fourth-order valence-electron chi connectivity index (χ4n) is 2.55. The number of nitro groups is 1. The number of aliphatic imine (C=N–C) groups is 1. The van der Waals surface area contributed by atoms with Crippen molar-refractivity contribution in [2.24, 2.45) is 4.99 Å². The molecule has 148 valence electrons. The molecule has 7 nitrogen and oxygen atoms in total. The second-order valence-corrected chi connectivity index (χ2v) is 6.40. The maximum Gasteiger partial charge on any atom is 0.291 e. The maximum atomic E-state index is 10.9. The van der Waals surface area contributed by atoms with Gasteiger partial charge in [0.15, 0.2) is 11.5 Å². The van der Waals surface area contributed by atoms with Crippen LogP contribution in [0.3, 0.4) is 0 Å². The average molecular weight is 413 g/mol. The first-order valence-corrected chi connectivity index (χ1v) is 8.91. The molecule has 29 heavy (non-hydrogen) atoms. The molecule has 8 heteroatoms. The number of rotatable bonds is 7. The molecule has 0 spiro atoms. The van der Waals surface area contributed by atoms with Gasteiger partial charge in [0.1, 0.15) is 23.1 Å². The monoisotopic (exact) mass is 412 g/mol. The third kappa shape index (κ3) is 5.03. The molecule has 0 aromatic heterocycles. The second kappa shape index (κ2) is 9.07. The zero-order chi connectivity index (χ0) is 20.8. The van der Waals surface area contributed by atoms with E-state index in [0.717, 1.165) is 11.6 Å². The molecule has 0 saturated heterocycles. The number of hydrogen-bond acceptors (Lipinski definition) is 6. The van der Waals surface area contributed by atoms with Crippen LogP contribution in [0.4, 0.5) is 11.4 Å². The number of nitrogens with zero attached hydrogens (tertiary/aromatic N) is 2. The topological polar surface area (TPSA) is 94.2 Å². The number of nitro benzene ring substituents is 1. The first kappa shape index (κ1) is 20.2. The van der Waals surface area contributed by atoms with E-state index in [1.54, 1.807) is 25.3 Å². The number of hydrogen-bond donors (Lipinski definition) is 1. The molecule has 0 radical (unpaired) electrons. The lowest BCUT2D eigenvalue weighted by molar-refractivity contribution is -0.384. The van der Waals surface area contributed by atoms with Crippen LogP contribution in [0.5, 0.6) is 17.2 Å². The Kier molecular flexibility index (Phi) is 6.31. The number of methoxy groups -OCH3 is 1. The van der Waals surface area contributed by atoms with Gasteiger partial charge in [-0.3, -0.25) is 15.1 Å². The van der Waals surface area contributed by atoms with Crippen molar-refractivity contribution in [1.82, 2.24) is 0 Å². The van der Waals surface area contributed by atoms with E-state index in [1.807, 2.05) is 30.3 Å². The summed E-state index contributed by atoms with van der Waals surface area (Å²) in [4.78, 5) is 14.4. The highest BCUT2D eigenvalue weighted by Gasteiger charge is 2.16. The highest BCUT2D eigenvalue weighted by molar-refractivity contribution is 6.33. The molecule has 0 atom stereocenters. The van der Waals surface area contributed by atoms with E-state index in [9.17, 15) is 15.2 Å². The van der Waals surface area contributed by atoms with Crippen molar-refractivity contribution in [3.05, 3.63) is 86.9 Å². The van der Waals surface area contributed by atoms with Crippen LogP contribution in [-0.4, -0.2) is 23.4 Å². The lowest BCUT2D eigenvalue weighted by atomic mass is 10.2. The van der Waals surface area contributed by atoms with Crippen LogP contribution in [0.1, 0.15) is 11.1 Å². The zero-order valence-electron chi connectivity index (χ0n) is 15.4. The highest BCUT2D eigenvalue weighted by atomic mass is 35.5. The van der Waals surface area contributed by atoms with Crippen molar-refractivity contribution >= 4 is 29.2 Å². The maximum absolute atomic E-state index is 10.9. The molecule has 0 aliphatic carbocycles. The molecular formula is C21H17ClN2O5. The van der Waals surface area contributed by atoms with Crippen LogP contribution >= 0.6 is 11.6 Å². The Morgan fingerprint density at radius 1 is 1.14 bits per heavy atom. The molecule has 1 N–H and O–H groups in total. The van der Waals surface area contributed by atoms with Crippen LogP contribution in [-0.2, 0) is 6.61 Å². The summed E-state index contributed by atoms with van der Waals surface area (Å²) >= 11 is 5.88. The van der Waals surface area contributed by atoms with E-state index in [4.69, 9.17) is 21.1 Å². The van der Waals surface area contributed by atoms with Crippen LogP contribution in [0, 0.1) is 10.1 Å². The lowest BCUT2D eigenvalue weighted by Crippen LogP contribution is -1.98. The first-order valence-electron chi connectivity index (χ1n) is 8.53. The van der Waals surface area contributed by atoms with E-state index >= 15 is 0 Å². The Morgan fingerprint density at radius 3 is 2.59 bits per heavy atom. The zero-order valence-corrected chi connectivity index (χ0v) is 16.2. The van der Waals surface area contributed by atoms with Gasteiger partial charge in [-0.1, -0.05) is 41.9 Å². The third-order valence-corrected chi connectivity index (χ3v) is 4.32. The molecule has 0 aliphatic rings. The van der Waals surface area contributed by atoms with Crippen molar-refractivity contribution in [3.63, 3.8) is 0 Å². The van der Waals surface area contributed by atoms with Gasteiger partial charge in [-0.2, -0.15) is 0 Å². The molecule has 0 amide bonds. The molecule has 3 rings (SSSR count). The predicted octanol–water partition coefficient (Wildman–Crippen LogP) is 5.29. The predicted molar refractivity (Wildman–Crippen MR) is 111 cm³/mol. The number of ether oxygens (including phenoxy) is 2. The van der Waals surface area contributed by atoms with Crippen molar-refractivity contribution < 1.29 is 19.5 Å². The van der Waals surface area contributed by atoms with Gasteiger partial charge in [0.25, 0.3) is 5.69 Å². The summed E-state index contributed by atoms with van der Waals surface area (Å²) in [5.41, 5.74) is 1.43. The first-order chi connectivity index (χ1) is 14.0. The van der Waals surface area contributed by atoms with Crippen LogP contribution in [0.25, 0.3) is 0 Å². The summed E-state index contributed by atoms with van der Waals surface area (Å²) < 4.78 is 11.2. The summed E-state index contributed by atoms with van der Waals surface area (Å²) in [5.74, 6) is 0.761. The molecule has 0 fully saturated rings. The van der Waals surface area contributed by atoms with Gasteiger partial charge >= 0.3 is 0 Å². The smallest absolute Gasteiger partial charge is 0.291 e. The number of benzene rings is 3. The fraction of sp³-hybridized carbons (Fsp3) is 0.0952. The minimum Gasteiger partial charge on any atom is -0.505 e. The fourth-order valence-corrected chi connectivity index (χ4v) is 2.78. The van der Waals surface area contributed by atoms with Gasteiger partial charge < -0.3 is 14.6 Å². The average Bonchev–Trinajstić information content (AvgIpc) is 2.73. The minimum absolute atomic E-state index is 0.110. The molecule has 0 bridgehead atoms. The molecule has 0 heterocycles. The van der Waals surface area contributed by atoms with E-state index in [2.05, 4.69) is 4.99 Å². The number of aromatic hydroxyl groups is 1. The van der Waals surface area contributed by atoms with E-state index in [-0.39, 0.29) is 22.1 Å². The van der Waals surface area contributed by atoms with E-state index < -0.39 is 4.92 Å². The van der Waals surface area contributed by atoms with Gasteiger partial charge in [0, 0.05) is 6.21 Å². The highest BCUT2D eigenvalue weighted by Crippen LogP contribution is 2.37. The second-order valence-electron chi connectivity index (χ2n) is 5.99. The molecule has 0 saturated carbocycles. The van der Waals surface area contributed by atoms with Gasteiger partial charge in [-0.25, -0.2) is 0 Å². The largest absolute Gasteiger partial charge is 0.505 e. The number of phenolic OH excluding ortho intramolecular Hbond substituents is 1.